The van der Waals surface area contributed by atoms with Gasteiger partial charge in [-0.05, 0) is 40.3 Å². The Morgan fingerprint density at radius 1 is 0.895 bits per heavy atom. The second kappa shape index (κ2) is 10.8. The van der Waals surface area contributed by atoms with Crippen LogP contribution in [0.25, 0.3) is 10.2 Å². The average Bonchev–Trinajstić information content (AvgIpc) is 3.61. The van der Waals surface area contributed by atoms with E-state index in [2.05, 4.69) is 61.7 Å². The van der Waals surface area contributed by atoms with Gasteiger partial charge in [0.1, 0.15) is 17.5 Å². The molecule has 0 radical (unpaired) electrons. The number of ether oxygens (including phenoxy) is 2. The Hall–Kier alpha value is -4.02. The third-order valence-electron chi connectivity index (χ3n) is 6.95. The van der Waals surface area contributed by atoms with Gasteiger partial charge in [-0.2, -0.15) is 0 Å². The molecule has 38 heavy (non-hydrogen) atoms. The number of piperazine rings is 1. The molecule has 1 atom stereocenters. The van der Waals surface area contributed by atoms with Crippen LogP contribution in [0, 0.1) is 0 Å². The molecule has 1 aliphatic heterocycles. The number of nitrogens with zero attached hydrogens (tertiary/aromatic N) is 7. The SMILES string of the molecule is COc1ccc([C@H](c2nnnn2Cc2ccccc2)N2CCN(c3nc4ccccc4s3)CC2)c(OC)c1. The second-order valence-electron chi connectivity index (χ2n) is 9.18. The number of hydrogen-bond donors (Lipinski definition) is 0. The number of fused-ring (bicyclic) bond motifs is 1. The Balaban J connectivity index is 1.32. The zero-order valence-electron chi connectivity index (χ0n) is 21.4. The summed E-state index contributed by atoms with van der Waals surface area (Å²) in [6, 6.07) is 24.3. The molecule has 3 aromatic carbocycles. The van der Waals surface area contributed by atoms with E-state index in [1.54, 1.807) is 25.6 Å². The molecule has 3 heterocycles. The summed E-state index contributed by atoms with van der Waals surface area (Å²) < 4.78 is 14.4. The predicted molar refractivity (Wildman–Crippen MR) is 148 cm³/mol. The molecule has 194 valence electrons. The standard InChI is InChI=1S/C28H29N7O2S/c1-36-21-12-13-22(24(18-21)37-2)26(27-30-31-32-35(27)19-20-8-4-3-5-9-20)33-14-16-34(17-15-33)28-29-23-10-6-7-11-25(23)38-28/h3-13,18,26H,14-17,19H2,1-2H3/t26-/m1/s1. The molecule has 0 amide bonds. The first-order valence-electron chi connectivity index (χ1n) is 12.6. The summed E-state index contributed by atoms with van der Waals surface area (Å²) in [7, 11) is 3.35. The molecule has 1 fully saturated rings. The Kier molecular flexibility index (Phi) is 6.89. The topological polar surface area (TPSA) is 81.4 Å². The van der Waals surface area contributed by atoms with Crippen LogP contribution in [-0.4, -0.2) is 70.5 Å². The summed E-state index contributed by atoms with van der Waals surface area (Å²) in [5.74, 6) is 2.27. The van der Waals surface area contributed by atoms with Gasteiger partial charge in [0.25, 0.3) is 0 Å². The molecule has 0 N–H and O–H groups in total. The first-order chi connectivity index (χ1) is 18.7. The molecular formula is C28H29N7O2S. The highest BCUT2D eigenvalue weighted by atomic mass is 32.1. The molecule has 0 aliphatic carbocycles. The maximum atomic E-state index is 5.84. The third kappa shape index (κ3) is 4.80. The number of hydrogen-bond acceptors (Lipinski definition) is 9. The van der Waals surface area contributed by atoms with Crippen LogP contribution in [0.2, 0.25) is 0 Å². The second-order valence-corrected chi connectivity index (χ2v) is 10.2. The van der Waals surface area contributed by atoms with E-state index in [9.17, 15) is 0 Å². The van der Waals surface area contributed by atoms with Crippen molar-refractivity contribution in [1.82, 2.24) is 30.1 Å². The van der Waals surface area contributed by atoms with E-state index in [4.69, 9.17) is 14.5 Å². The number of anilines is 1. The third-order valence-corrected chi connectivity index (χ3v) is 8.04. The molecule has 9 nitrogen and oxygen atoms in total. The van der Waals surface area contributed by atoms with Crippen molar-refractivity contribution in [3.05, 3.63) is 89.7 Å². The van der Waals surface area contributed by atoms with Gasteiger partial charge in [-0.15, -0.1) is 5.10 Å². The molecule has 0 saturated carbocycles. The zero-order chi connectivity index (χ0) is 25.9. The molecule has 0 spiro atoms. The van der Waals surface area contributed by atoms with Crippen LogP contribution in [0.4, 0.5) is 5.13 Å². The molecule has 10 heteroatoms. The van der Waals surface area contributed by atoms with Crippen LogP contribution in [0.15, 0.2) is 72.8 Å². The Labute approximate surface area is 225 Å². The Morgan fingerprint density at radius 2 is 1.68 bits per heavy atom. The Bertz CT molecular complexity index is 1480. The minimum atomic E-state index is -0.188. The number of rotatable bonds is 8. The summed E-state index contributed by atoms with van der Waals surface area (Å²) in [5.41, 5.74) is 3.20. The molecular weight excluding hydrogens is 498 g/mol. The molecule has 1 saturated heterocycles. The molecule has 2 aromatic heterocycles. The van der Waals surface area contributed by atoms with Crippen molar-refractivity contribution < 1.29 is 9.47 Å². The fourth-order valence-electron chi connectivity index (χ4n) is 4.99. The molecule has 0 bridgehead atoms. The highest BCUT2D eigenvalue weighted by Crippen LogP contribution is 2.37. The van der Waals surface area contributed by atoms with Crippen molar-refractivity contribution in [2.45, 2.75) is 12.6 Å². The maximum Gasteiger partial charge on any atom is 0.186 e. The summed E-state index contributed by atoms with van der Waals surface area (Å²) in [5, 5.41) is 14.1. The lowest BCUT2D eigenvalue weighted by atomic mass is 10.0. The van der Waals surface area contributed by atoms with Crippen molar-refractivity contribution >= 4 is 26.7 Å². The quantitative estimate of drug-likeness (QED) is 0.296. The van der Waals surface area contributed by atoms with Crippen LogP contribution >= 0.6 is 11.3 Å². The van der Waals surface area contributed by atoms with E-state index in [1.807, 2.05) is 41.1 Å². The number of aromatic nitrogens is 5. The molecule has 6 rings (SSSR count). The van der Waals surface area contributed by atoms with Gasteiger partial charge in [-0.25, -0.2) is 9.67 Å². The first-order valence-corrected chi connectivity index (χ1v) is 13.4. The van der Waals surface area contributed by atoms with Crippen LogP contribution < -0.4 is 14.4 Å². The van der Waals surface area contributed by atoms with Crippen molar-refractivity contribution in [3.8, 4) is 11.5 Å². The summed E-state index contributed by atoms with van der Waals surface area (Å²) in [4.78, 5) is 9.68. The fraction of sp³-hybridized carbons (Fsp3) is 0.286. The first kappa shape index (κ1) is 24.3. The van der Waals surface area contributed by atoms with E-state index in [-0.39, 0.29) is 6.04 Å². The average molecular weight is 528 g/mol. The molecule has 5 aromatic rings. The van der Waals surface area contributed by atoms with Crippen molar-refractivity contribution in [1.29, 1.82) is 0 Å². The minimum Gasteiger partial charge on any atom is -0.497 e. The number of tetrazole rings is 1. The summed E-state index contributed by atoms with van der Waals surface area (Å²) in [6.07, 6.45) is 0. The van der Waals surface area contributed by atoms with E-state index in [1.165, 1.54) is 4.70 Å². The van der Waals surface area contributed by atoms with Gasteiger partial charge in [0.15, 0.2) is 11.0 Å². The van der Waals surface area contributed by atoms with Gasteiger partial charge in [0.2, 0.25) is 0 Å². The van der Waals surface area contributed by atoms with E-state index in [0.29, 0.717) is 6.54 Å². The number of methoxy groups -OCH3 is 2. The lowest BCUT2D eigenvalue weighted by Gasteiger charge is -2.39. The monoisotopic (exact) mass is 527 g/mol. The lowest BCUT2D eigenvalue weighted by molar-refractivity contribution is 0.198. The van der Waals surface area contributed by atoms with Gasteiger partial charge < -0.3 is 14.4 Å². The smallest absolute Gasteiger partial charge is 0.186 e. The predicted octanol–water partition coefficient (Wildman–Crippen LogP) is 4.26. The highest BCUT2D eigenvalue weighted by molar-refractivity contribution is 7.22. The normalized spacial score (nSPS) is 15.1. The largest absolute Gasteiger partial charge is 0.497 e. The number of para-hydroxylation sites is 1. The van der Waals surface area contributed by atoms with Gasteiger partial charge in [0.05, 0.1) is 31.0 Å². The van der Waals surface area contributed by atoms with Gasteiger partial charge >= 0.3 is 0 Å². The van der Waals surface area contributed by atoms with Crippen LogP contribution in [0.1, 0.15) is 23.0 Å². The van der Waals surface area contributed by atoms with Crippen LogP contribution in [0.3, 0.4) is 0 Å². The number of thiazole rings is 1. The minimum absolute atomic E-state index is 0.188. The van der Waals surface area contributed by atoms with E-state index in [0.717, 1.165) is 65.3 Å². The van der Waals surface area contributed by atoms with Crippen LogP contribution in [0.5, 0.6) is 11.5 Å². The van der Waals surface area contributed by atoms with Crippen molar-refractivity contribution in [2.75, 3.05) is 45.3 Å². The van der Waals surface area contributed by atoms with Crippen LogP contribution in [-0.2, 0) is 6.54 Å². The zero-order valence-corrected chi connectivity index (χ0v) is 22.2. The summed E-state index contributed by atoms with van der Waals surface area (Å²) in [6.45, 7) is 3.95. The summed E-state index contributed by atoms with van der Waals surface area (Å²) >= 11 is 1.75. The van der Waals surface area contributed by atoms with Gasteiger partial charge in [0, 0.05) is 37.8 Å². The number of benzene rings is 3. The van der Waals surface area contributed by atoms with Crippen molar-refractivity contribution in [2.24, 2.45) is 0 Å². The lowest BCUT2D eigenvalue weighted by Crippen LogP contribution is -2.48. The van der Waals surface area contributed by atoms with E-state index < -0.39 is 0 Å². The van der Waals surface area contributed by atoms with E-state index >= 15 is 0 Å². The Morgan fingerprint density at radius 3 is 2.45 bits per heavy atom. The van der Waals surface area contributed by atoms with Crippen molar-refractivity contribution in [3.63, 3.8) is 0 Å². The maximum absolute atomic E-state index is 5.84. The molecule has 0 unspecified atom stereocenters. The molecule has 1 aliphatic rings. The van der Waals surface area contributed by atoms with Gasteiger partial charge in [-0.3, -0.25) is 4.90 Å². The fourth-order valence-corrected chi connectivity index (χ4v) is 6.00. The highest BCUT2D eigenvalue weighted by Gasteiger charge is 2.33. The van der Waals surface area contributed by atoms with Gasteiger partial charge in [-0.1, -0.05) is 53.8 Å².